The lowest BCUT2D eigenvalue weighted by Crippen LogP contribution is -2.25. The second-order valence-corrected chi connectivity index (χ2v) is 7.23. The molecule has 124 valence electrons. The van der Waals surface area contributed by atoms with Crippen LogP contribution in [0.1, 0.15) is 38.4 Å². The van der Waals surface area contributed by atoms with Crippen molar-refractivity contribution in [3.05, 3.63) is 54.6 Å². The Morgan fingerprint density at radius 2 is 2.00 bits per heavy atom. The molecule has 3 atom stereocenters. The topological polar surface area (TPSA) is 46.9 Å². The molecule has 1 heterocycles. The van der Waals surface area contributed by atoms with E-state index in [4.69, 9.17) is 0 Å². The van der Waals surface area contributed by atoms with Crippen LogP contribution in [0, 0.1) is 17.8 Å². The Kier molecular flexibility index (Phi) is 3.75. The smallest absolute Gasteiger partial charge is 0.228 e. The van der Waals surface area contributed by atoms with E-state index in [1.54, 1.807) is 0 Å². The van der Waals surface area contributed by atoms with Gasteiger partial charge in [0.15, 0.2) is 0 Å². The van der Waals surface area contributed by atoms with Crippen LogP contribution in [0.15, 0.2) is 48.8 Å². The number of amides is 1. The summed E-state index contributed by atoms with van der Waals surface area (Å²) in [6.45, 7) is 4.27. The van der Waals surface area contributed by atoms with E-state index >= 15 is 0 Å². The molecule has 0 unspecified atom stereocenters. The Morgan fingerprint density at radius 3 is 2.62 bits per heavy atom. The molecule has 0 saturated heterocycles. The molecule has 1 aromatic heterocycles. The van der Waals surface area contributed by atoms with Crippen LogP contribution < -0.4 is 5.32 Å². The van der Waals surface area contributed by atoms with E-state index in [1.165, 1.54) is 0 Å². The Balaban J connectivity index is 1.47. The van der Waals surface area contributed by atoms with Crippen LogP contribution in [-0.4, -0.2) is 15.5 Å². The van der Waals surface area contributed by atoms with Crippen LogP contribution in [0.4, 0.5) is 5.69 Å². The van der Waals surface area contributed by atoms with Crippen LogP contribution >= 0.6 is 0 Å². The van der Waals surface area contributed by atoms with Crippen LogP contribution in [0.2, 0.25) is 0 Å². The summed E-state index contributed by atoms with van der Waals surface area (Å²) in [6, 6.07) is 8.01. The summed E-state index contributed by atoms with van der Waals surface area (Å²) >= 11 is 0. The first-order chi connectivity index (χ1) is 11.6. The Morgan fingerprint density at radius 1 is 1.21 bits per heavy atom. The monoisotopic (exact) mass is 321 g/mol. The van der Waals surface area contributed by atoms with Gasteiger partial charge < -0.3 is 9.88 Å². The van der Waals surface area contributed by atoms with E-state index in [1.807, 2.05) is 36.7 Å². The number of hydrogen-bond acceptors (Lipinski definition) is 2. The number of rotatable bonds is 4. The molecule has 1 N–H and O–H groups in total. The Bertz CT molecular complexity index is 772. The minimum atomic E-state index is 0.140. The van der Waals surface area contributed by atoms with Gasteiger partial charge in [-0.1, -0.05) is 26.0 Å². The van der Waals surface area contributed by atoms with Crippen molar-refractivity contribution < 1.29 is 4.79 Å². The fourth-order valence-electron chi connectivity index (χ4n) is 3.98. The second-order valence-electron chi connectivity index (χ2n) is 7.23. The molecule has 4 heteroatoms. The first-order valence-electron chi connectivity index (χ1n) is 8.74. The molecule has 0 aliphatic heterocycles. The number of carbonyl (C=O) groups is 1. The van der Waals surface area contributed by atoms with Crippen molar-refractivity contribution in [2.24, 2.45) is 17.8 Å². The lowest BCUT2D eigenvalue weighted by atomic mass is 9.93. The number of hydrogen-bond donors (Lipinski definition) is 1. The third-order valence-electron chi connectivity index (χ3n) is 5.21. The summed E-state index contributed by atoms with van der Waals surface area (Å²) in [4.78, 5) is 16.9. The molecule has 4 nitrogen and oxygen atoms in total. The van der Waals surface area contributed by atoms with Crippen molar-refractivity contribution in [2.75, 3.05) is 5.32 Å². The van der Waals surface area contributed by atoms with E-state index in [9.17, 15) is 4.79 Å². The molecule has 24 heavy (non-hydrogen) atoms. The van der Waals surface area contributed by atoms with Gasteiger partial charge in [0.2, 0.25) is 5.91 Å². The quantitative estimate of drug-likeness (QED) is 0.860. The maximum atomic E-state index is 12.5. The largest absolute Gasteiger partial charge is 0.326 e. The molecule has 0 spiro atoms. The summed E-state index contributed by atoms with van der Waals surface area (Å²) in [5.41, 5.74) is 1.93. The molecular weight excluding hydrogens is 298 g/mol. The predicted molar refractivity (Wildman–Crippen MR) is 95.1 cm³/mol. The zero-order chi connectivity index (χ0) is 16.7. The van der Waals surface area contributed by atoms with Gasteiger partial charge in [-0.25, -0.2) is 4.98 Å². The number of anilines is 1. The van der Waals surface area contributed by atoms with E-state index in [2.05, 4.69) is 40.9 Å². The molecular formula is C20H23N3O. The molecule has 2 bridgehead atoms. The predicted octanol–water partition coefficient (Wildman–Crippen LogP) is 4.15. The molecule has 2 aromatic rings. The number of nitrogens with zero attached hydrogens (tertiary/aromatic N) is 2. The molecule has 4 rings (SSSR count). The molecule has 2 aliphatic carbocycles. The van der Waals surface area contributed by atoms with Crippen molar-refractivity contribution in [1.82, 2.24) is 9.55 Å². The number of imidazole rings is 1. The molecule has 0 radical (unpaired) electrons. The normalized spacial score (nSPS) is 24.7. The minimum Gasteiger partial charge on any atom is -0.326 e. The highest BCUT2D eigenvalue weighted by atomic mass is 16.1. The van der Waals surface area contributed by atoms with E-state index in [0.717, 1.165) is 30.0 Å². The molecule has 1 amide bonds. The van der Waals surface area contributed by atoms with Crippen molar-refractivity contribution in [3.8, 4) is 5.69 Å². The van der Waals surface area contributed by atoms with Crippen LogP contribution in [0.3, 0.4) is 0 Å². The van der Waals surface area contributed by atoms with Crippen molar-refractivity contribution in [3.63, 3.8) is 0 Å². The minimum absolute atomic E-state index is 0.140. The van der Waals surface area contributed by atoms with Gasteiger partial charge in [0, 0.05) is 35.6 Å². The Labute approximate surface area is 142 Å². The molecule has 1 saturated carbocycles. The molecule has 1 aromatic carbocycles. The van der Waals surface area contributed by atoms with Gasteiger partial charge in [0.05, 0.1) is 0 Å². The second kappa shape index (κ2) is 5.93. The van der Waals surface area contributed by atoms with E-state index in [0.29, 0.717) is 17.8 Å². The van der Waals surface area contributed by atoms with Crippen molar-refractivity contribution in [2.45, 2.75) is 32.6 Å². The summed E-state index contributed by atoms with van der Waals surface area (Å²) in [6.07, 6.45) is 10.4. The Hall–Kier alpha value is -2.36. The van der Waals surface area contributed by atoms with Crippen LogP contribution in [0.25, 0.3) is 5.69 Å². The van der Waals surface area contributed by atoms with Gasteiger partial charge in [-0.3, -0.25) is 4.79 Å². The number of carbonyl (C=O) groups excluding carboxylic acids is 1. The maximum absolute atomic E-state index is 12.5. The summed E-state index contributed by atoms with van der Waals surface area (Å²) < 4.78 is 2.09. The van der Waals surface area contributed by atoms with Crippen molar-refractivity contribution >= 4 is 11.6 Å². The average Bonchev–Trinajstić information content (AvgIpc) is 3.31. The molecule has 1 fully saturated rings. The zero-order valence-corrected chi connectivity index (χ0v) is 14.1. The van der Waals surface area contributed by atoms with E-state index in [-0.39, 0.29) is 11.8 Å². The number of benzene rings is 1. The maximum Gasteiger partial charge on any atom is 0.228 e. The van der Waals surface area contributed by atoms with Gasteiger partial charge in [-0.2, -0.15) is 0 Å². The van der Waals surface area contributed by atoms with Crippen LogP contribution in [-0.2, 0) is 4.79 Å². The van der Waals surface area contributed by atoms with Gasteiger partial charge in [0.25, 0.3) is 0 Å². The average molecular weight is 321 g/mol. The van der Waals surface area contributed by atoms with Crippen molar-refractivity contribution in [1.29, 1.82) is 0 Å². The summed E-state index contributed by atoms with van der Waals surface area (Å²) in [5.74, 6) is 2.76. The summed E-state index contributed by atoms with van der Waals surface area (Å²) in [5, 5.41) is 3.08. The lowest BCUT2D eigenvalue weighted by molar-refractivity contribution is -0.120. The van der Waals surface area contributed by atoms with E-state index < -0.39 is 0 Å². The third kappa shape index (κ3) is 2.66. The SMILES string of the molecule is CC(C)c1nccn1-c1ccc(NC(=O)[C@@H]2C[C@@H]3C=C[C@H]2C3)cc1. The third-order valence-corrected chi connectivity index (χ3v) is 5.21. The first kappa shape index (κ1) is 15.2. The standard InChI is InChI=1S/C20H23N3O/c1-13(2)19-21-9-10-23(19)17-7-5-16(6-8-17)22-20(24)18-12-14-3-4-15(18)11-14/h3-10,13-15,18H,11-12H2,1-2H3,(H,22,24)/t14-,15+,18-/m1/s1. The highest BCUT2D eigenvalue weighted by molar-refractivity contribution is 5.93. The van der Waals surface area contributed by atoms with Gasteiger partial charge in [-0.15, -0.1) is 0 Å². The number of aromatic nitrogens is 2. The fourth-order valence-corrected chi connectivity index (χ4v) is 3.98. The number of allylic oxidation sites excluding steroid dienone is 2. The molecule has 2 aliphatic rings. The number of nitrogens with one attached hydrogen (secondary N) is 1. The highest BCUT2D eigenvalue weighted by Crippen LogP contribution is 2.43. The highest BCUT2D eigenvalue weighted by Gasteiger charge is 2.39. The fraction of sp³-hybridized carbons (Fsp3) is 0.400. The lowest BCUT2D eigenvalue weighted by Gasteiger charge is -2.18. The summed E-state index contributed by atoms with van der Waals surface area (Å²) in [7, 11) is 0. The number of fused-ring (bicyclic) bond motifs is 2. The zero-order valence-electron chi connectivity index (χ0n) is 14.1. The van der Waals surface area contributed by atoms with Gasteiger partial charge in [0.1, 0.15) is 5.82 Å². The van der Waals surface area contributed by atoms with Gasteiger partial charge in [-0.05, 0) is 48.9 Å². The van der Waals surface area contributed by atoms with Gasteiger partial charge >= 0.3 is 0 Å². The first-order valence-corrected chi connectivity index (χ1v) is 8.74. The van der Waals surface area contributed by atoms with Crippen LogP contribution in [0.5, 0.6) is 0 Å².